The molecule has 2 N–H and O–H groups in total. The fourth-order valence-electron chi connectivity index (χ4n) is 1.99. The van der Waals surface area contributed by atoms with Crippen molar-refractivity contribution in [3.05, 3.63) is 23.9 Å². The van der Waals surface area contributed by atoms with Gasteiger partial charge >= 0.3 is 0 Å². The van der Waals surface area contributed by atoms with Crippen LogP contribution in [0.2, 0.25) is 0 Å². The third-order valence-electron chi connectivity index (χ3n) is 2.89. The van der Waals surface area contributed by atoms with Crippen LogP contribution < -0.4 is 5.73 Å². The van der Waals surface area contributed by atoms with Gasteiger partial charge in [-0.15, -0.1) is 0 Å². The molecule has 96 valence electrons. The second-order valence-electron chi connectivity index (χ2n) is 4.77. The van der Waals surface area contributed by atoms with E-state index in [2.05, 4.69) is 42.7 Å². The Labute approximate surface area is 104 Å². The van der Waals surface area contributed by atoms with Crippen molar-refractivity contribution in [3.63, 3.8) is 0 Å². The van der Waals surface area contributed by atoms with Gasteiger partial charge in [0, 0.05) is 25.3 Å². The maximum Gasteiger partial charge on any atom is 0.123 e. The van der Waals surface area contributed by atoms with E-state index in [0.717, 1.165) is 19.6 Å². The van der Waals surface area contributed by atoms with Crippen LogP contribution in [0.15, 0.2) is 18.3 Å². The number of hydrogen-bond acceptors (Lipinski definition) is 4. The number of nitrogens with two attached hydrogens (primary N) is 1. The third-order valence-corrected chi connectivity index (χ3v) is 2.89. The van der Waals surface area contributed by atoms with Gasteiger partial charge in [-0.1, -0.05) is 13.0 Å². The molecule has 0 aliphatic rings. The summed E-state index contributed by atoms with van der Waals surface area (Å²) in [5, 5.41) is 0. The topological polar surface area (TPSA) is 45.4 Å². The molecular weight excluding hydrogens is 212 g/mol. The number of nitrogen functional groups attached to an aromatic ring is 1. The van der Waals surface area contributed by atoms with Crippen molar-refractivity contribution in [1.82, 2.24) is 14.8 Å². The Morgan fingerprint density at radius 1 is 1.35 bits per heavy atom. The van der Waals surface area contributed by atoms with Gasteiger partial charge < -0.3 is 10.6 Å². The highest BCUT2D eigenvalue weighted by molar-refractivity contribution is 5.29. The van der Waals surface area contributed by atoms with Crippen LogP contribution in [0.3, 0.4) is 0 Å². The van der Waals surface area contributed by atoms with Crippen LogP contribution >= 0.6 is 0 Å². The van der Waals surface area contributed by atoms with Crippen LogP contribution in [0.25, 0.3) is 0 Å². The molecule has 1 heterocycles. The zero-order valence-electron chi connectivity index (χ0n) is 11.3. The summed E-state index contributed by atoms with van der Waals surface area (Å²) in [5.41, 5.74) is 6.80. The monoisotopic (exact) mass is 236 g/mol. The van der Waals surface area contributed by atoms with E-state index in [-0.39, 0.29) is 0 Å². The molecular formula is C13H24N4. The van der Waals surface area contributed by atoms with Gasteiger partial charge in [0.2, 0.25) is 0 Å². The number of rotatable bonds is 6. The molecule has 1 atom stereocenters. The molecule has 1 unspecified atom stereocenters. The summed E-state index contributed by atoms with van der Waals surface area (Å²) in [4.78, 5) is 8.78. The number of hydrogen-bond donors (Lipinski definition) is 1. The maximum atomic E-state index is 5.58. The molecule has 1 aromatic heterocycles. The fraction of sp³-hybridized carbons (Fsp3) is 0.615. The first-order chi connectivity index (χ1) is 8.02. The lowest BCUT2D eigenvalue weighted by molar-refractivity contribution is 0.174. The molecule has 0 spiro atoms. The number of aromatic nitrogens is 1. The van der Waals surface area contributed by atoms with Crippen molar-refractivity contribution in [2.45, 2.75) is 26.4 Å². The lowest BCUT2D eigenvalue weighted by Gasteiger charge is -2.29. The normalized spacial score (nSPS) is 13.3. The molecule has 1 aromatic rings. The highest BCUT2D eigenvalue weighted by Crippen LogP contribution is 2.09. The van der Waals surface area contributed by atoms with E-state index >= 15 is 0 Å². The average molecular weight is 236 g/mol. The quantitative estimate of drug-likeness (QED) is 0.812. The van der Waals surface area contributed by atoms with Crippen LogP contribution in [-0.4, -0.2) is 48.0 Å². The van der Waals surface area contributed by atoms with Gasteiger partial charge in [0.05, 0.1) is 0 Å². The number of likely N-dealkylation sites (N-methyl/N-ethyl adjacent to an activating group) is 2. The van der Waals surface area contributed by atoms with E-state index < -0.39 is 0 Å². The van der Waals surface area contributed by atoms with Crippen LogP contribution in [0, 0.1) is 0 Å². The van der Waals surface area contributed by atoms with E-state index in [9.17, 15) is 0 Å². The van der Waals surface area contributed by atoms with Crippen molar-refractivity contribution in [2.75, 3.05) is 32.9 Å². The summed E-state index contributed by atoms with van der Waals surface area (Å²) < 4.78 is 0. The summed E-state index contributed by atoms with van der Waals surface area (Å²) in [6.45, 7) is 7.49. The fourth-order valence-corrected chi connectivity index (χ4v) is 1.99. The molecule has 0 aliphatic carbocycles. The first kappa shape index (κ1) is 13.9. The van der Waals surface area contributed by atoms with Crippen molar-refractivity contribution in [3.8, 4) is 0 Å². The van der Waals surface area contributed by atoms with Gasteiger partial charge in [-0.3, -0.25) is 4.90 Å². The van der Waals surface area contributed by atoms with Gasteiger partial charge in [0.25, 0.3) is 0 Å². The largest absolute Gasteiger partial charge is 0.384 e. The van der Waals surface area contributed by atoms with E-state index in [1.165, 1.54) is 5.56 Å². The Bertz CT molecular complexity index is 321. The van der Waals surface area contributed by atoms with Crippen LogP contribution in [0.5, 0.6) is 0 Å². The smallest absolute Gasteiger partial charge is 0.123 e. The van der Waals surface area contributed by atoms with Crippen LogP contribution in [0.1, 0.15) is 19.4 Å². The maximum absolute atomic E-state index is 5.58. The summed E-state index contributed by atoms with van der Waals surface area (Å²) >= 11 is 0. The van der Waals surface area contributed by atoms with Gasteiger partial charge in [0.1, 0.15) is 5.82 Å². The minimum Gasteiger partial charge on any atom is -0.384 e. The minimum atomic E-state index is 0.535. The molecule has 0 radical (unpaired) electrons. The Balaban J connectivity index is 2.59. The van der Waals surface area contributed by atoms with Gasteiger partial charge in [-0.2, -0.15) is 0 Å². The Kier molecular flexibility index (Phi) is 5.38. The van der Waals surface area contributed by atoms with Gasteiger partial charge in [0.15, 0.2) is 0 Å². The Morgan fingerprint density at radius 2 is 2.06 bits per heavy atom. The van der Waals surface area contributed by atoms with Crippen LogP contribution in [-0.2, 0) is 6.54 Å². The molecule has 4 nitrogen and oxygen atoms in total. The highest BCUT2D eigenvalue weighted by Gasteiger charge is 2.13. The van der Waals surface area contributed by atoms with Crippen molar-refractivity contribution >= 4 is 5.82 Å². The predicted molar refractivity (Wildman–Crippen MR) is 72.7 cm³/mol. The summed E-state index contributed by atoms with van der Waals surface area (Å²) in [7, 11) is 4.21. The number of anilines is 1. The van der Waals surface area contributed by atoms with Crippen molar-refractivity contribution in [2.24, 2.45) is 0 Å². The zero-order valence-corrected chi connectivity index (χ0v) is 11.3. The average Bonchev–Trinajstić information content (AvgIpc) is 2.27. The van der Waals surface area contributed by atoms with Gasteiger partial charge in [-0.05, 0) is 39.2 Å². The first-order valence-electron chi connectivity index (χ1n) is 6.12. The Morgan fingerprint density at radius 3 is 2.53 bits per heavy atom. The zero-order chi connectivity index (χ0) is 12.8. The van der Waals surface area contributed by atoms with E-state index in [0.29, 0.717) is 11.9 Å². The van der Waals surface area contributed by atoms with Crippen molar-refractivity contribution in [1.29, 1.82) is 0 Å². The third kappa shape index (κ3) is 4.71. The highest BCUT2D eigenvalue weighted by atomic mass is 15.2. The number of nitrogens with zero attached hydrogens (tertiary/aromatic N) is 3. The van der Waals surface area contributed by atoms with E-state index in [1.807, 2.05) is 18.3 Å². The standard InChI is InChI=1S/C13H24N4/c1-5-17(11(2)9-16(3)4)10-12-6-7-13(14)15-8-12/h6-8,11H,5,9-10H2,1-4H3,(H2,14,15). The molecule has 0 bridgehead atoms. The molecule has 1 rings (SSSR count). The van der Waals surface area contributed by atoms with Gasteiger partial charge in [-0.25, -0.2) is 4.98 Å². The van der Waals surface area contributed by atoms with Crippen LogP contribution in [0.4, 0.5) is 5.82 Å². The lowest BCUT2D eigenvalue weighted by Crippen LogP contribution is -2.39. The first-order valence-corrected chi connectivity index (χ1v) is 6.12. The molecule has 4 heteroatoms. The summed E-state index contributed by atoms with van der Waals surface area (Å²) in [6.07, 6.45) is 1.86. The Hall–Kier alpha value is -1.13. The molecule has 0 amide bonds. The SMILES string of the molecule is CCN(Cc1ccc(N)nc1)C(C)CN(C)C. The minimum absolute atomic E-state index is 0.535. The van der Waals surface area contributed by atoms with E-state index in [4.69, 9.17) is 5.73 Å². The predicted octanol–water partition coefficient (Wildman–Crippen LogP) is 1.44. The molecule has 17 heavy (non-hydrogen) atoms. The molecule has 0 saturated heterocycles. The summed E-state index contributed by atoms with van der Waals surface area (Å²) in [6, 6.07) is 4.44. The molecule has 0 saturated carbocycles. The van der Waals surface area contributed by atoms with Crippen molar-refractivity contribution < 1.29 is 0 Å². The molecule has 0 aromatic carbocycles. The summed E-state index contributed by atoms with van der Waals surface area (Å²) in [5.74, 6) is 0.582. The number of pyridine rings is 1. The second-order valence-corrected chi connectivity index (χ2v) is 4.77. The van der Waals surface area contributed by atoms with E-state index in [1.54, 1.807) is 0 Å². The second kappa shape index (κ2) is 6.57. The molecule has 0 aliphatic heterocycles. The lowest BCUT2D eigenvalue weighted by atomic mass is 10.2. The molecule has 0 fully saturated rings.